The van der Waals surface area contributed by atoms with Gasteiger partial charge in [0.15, 0.2) is 0 Å². The first-order chi connectivity index (χ1) is 9.56. The maximum absolute atomic E-state index is 12.2. The number of nitrogens with two attached hydrogens (primary N) is 1. The topological polar surface area (TPSA) is 55.1 Å². The lowest BCUT2D eigenvalue weighted by Gasteiger charge is -2.31. The molecule has 3 heteroatoms. The highest BCUT2D eigenvalue weighted by Gasteiger charge is 2.29. The lowest BCUT2D eigenvalue weighted by Crippen LogP contribution is -2.41. The summed E-state index contributed by atoms with van der Waals surface area (Å²) in [6, 6.07) is 0.207. The quantitative estimate of drug-likeness (QED) is 0.831. The Bertz CT molecular complexity index is 318. The van der Waals surface area contributed by atoms with E-state index in [1.165, 1.54) is 25.7 Å². The molecule has 3 nitrogen and oxygen atoms in total. The molecule has 0 radical (unpaired) electrons. The van der Waals surface area contributed by atoms with Gasteiger partial charge in [-0.2, -0.15) is 0 Å². The summed E-state index contributed by atoms with van der Waals surface area (Å²) in [6.45, 7) is 5.41. The summed E-state index contributed by atoms with van der Waals surface area (Å²) in [5.41, 5.74) is 6.09. The third-order valence-corrected chi connectivity index (χ3v) is 5.53. The molecule has 0 aromatic carbocycles. The van der Waals surface area contributed by atoms with Crippen LogP contribution in [0.1, 0.15) is 65.2 Å². The lowest BCUT2D eigenvalue weighted by molar-refractivity contribution is -0.126. The first-order valence-electron chi connectivity index (χ1n) is 8.59. The summed E-state index contributed by atoms with van der Waals surface area (Å²) in [7, 11) is 0. The standard InChI is InChI=1S/C17H32N2O/c1-12-4-3-5-14(10-12)8-9-19-17(20)15-7-6-13(2)16(18)11-15/h12-16H,3-11,18H2,1-2H3,(H,19,20). The molecule has 1 amide bonds. The predicted molar refractivity (Wildman–Crippen MR) is 83.2 cm³/mol. The van der Waals surface area contributed by atoms with Crippen molar-refractivity contribution in [2.75, 3.05) is 6.54 Å². The minimum Gasteiger partial charge on any atom is -0.356 e. The second-order valence-electron chi connectivity index (χ2n) is 7.37. The number of rotatable bonds is 4. The van der Waals surface area contributed by atoms with E-state index in [-0.39, 0.29) is 17.9 Å². The van der Waals surface area contributed by atoms with Crippen LogP contribution >= 0.6 is 0 Å². The Hall–Kier alpha value is -0.570. The van der Waals surface area contributed by atoms with Crippen molar-refractivity contribution in [2.45, 2.75) is 71.3 Å². The fraction of sp³-hybridized carbons (Fsp3) is 0.941. The van der Waals surface area contributed by atoms with Crippen LogP contribution in [0.25, 0.3) is 0 Å². The van der Waals surface area contributed by atoms with Crippen LogP contribution in [0.2, 0.25) is 0 Å². The molecule has 0 heterocycles. The minimum atomic E-state index is 0.159. The van der Waals surface area contributed by atoms with E-state index in [2.05, 4.69) is 19.2 Å². The van der Waals surface area contributed by atoms with Gasteiger partial charge in [0, 0.05) is 18.5 Å². The Balaban J connectivity index is 1.65. The smallest absolute Gasteiger partial charge is 0.223 e. The number of nitrogens with one attached hydrogen (secondary N) is 1. The van der Waals surface area contributed by atoms with Crippen LogP contribution < -0.4 is 11.1 Å². The molecular weight excluding hydrogens is 248 g/mol. The molecular formula is C17H32N2O. The van der Waals surface area contributed by atoms with Crippen molar-refractivity contribution in [1.82, 2.24) is 5.32 Å². The number of hydrogen-bond donors (Lipinski definition) is 2. The van der Waals surface area contributed by atoms with E-state index in [0.29, 0.717) is 5.92 Å². The molecule has 0 saturated heterocycles. The van der Waals surface area contributed by atoms with Gasteiger partial charge in [-0.3, -0.25) is 4.79 Å². The van der Waals surface area contributed by atoms with Gasteiger partial charge in [-0.1, -0.05) is 33.1 Å². The van der Waals surface area contributed by atoms with Crippen molar-refractivity contribution < 1.29 is 4.79 Å². The molecule has 3 N–H and O–H groups in total. The van der Waals surface area contributed by atoms with Crippen molar-refractivity contribution in [3.8, 4) is 0 Å². The number of carbonyl (C=O) groups excluding carboxylic acids is 1. The number of carbonyl (C=O) groups is 1. The summed E-state index contributed by atoms with van der Waals surface area (Å²) in [5, 5.41) is 3.16. The first kappa shape index (κ1) is 15.8. The van der Waals surface area contributed by atoms with Crippen molar-refractivity contribution in [3.63, 3.8) is 0 Å². The van der Waals surface area contributed by atoms with Gasteiger partial charge in [-0.25, -0.2) is 0 Å². The van der Waals surface area contributed by atoms with E-state index in [4.69, 9.17) is 5.73 Å². The van der Waals surface area contributed by atoms with Gasteiger partial charge in [0.2, 0.25) is 5.91 Å². The Morgan fingerprint density at radius 3 is 2.65 bits per heavy atom. The Morgan fingerprint density at radius 1 is 1.15 bits per heavy atom. The van der Waals surface area contributed by atoms with Gasteiger partial charge in [0.05, 0.1) is 0 Å². The minimum absolute atomic E-state index is 0.159. The summed E-state index contributed by atoms with van der Waals surface area (Å²) in [5.74, 6) is 2.68. The molecule has 20 heavy (non-hydrogen) atoms. The zero-order valence-corrected chi connectivity index (χ0v) is 13.2. The van der Waals surface area contributed by atoms with Crippen molar-refractivity contribution >= 4 is 5.91 Å². The summed E-state index contributed by atoms with van der Waals surface area (Å²) >= 11 is 0. The molecule has 0 aliphatic heterocycles. The SMILES string of the molecule is CC1CCCC(CCNC(=O)C2CCC(C)C(N)C2)C1. The van der Waals surface area contributed by atoms with Crippen LogP contribution in [-0.4, -0.2) is 18.5 Å². The van der Waals surface area contributed by atoms with Crippen LogP contribution in [0.5, 0.6) is 0 Å². The molecule has 0 spiro atoms. The van der Waals surface area contributed by atoms with Crippen LogP contribution in [0.3, 0.4) is 0 Å². The molecule has 2 aliphatic rings. The second-order valence-corrected chi connectivity index (χ2v) is 7.37. The van der Waals surface area contributed by atoms with Gasteiger partial charge in [0.25, 0.3) is 0 Å². The van der Waals surface area contributed by atoms with Crippen molar-refractivity contribution in [3.05, 3.63) is 0 Å². The fourth-order valence-electron chi connectivity index (χ4n) is 3.96. The molecule has 0 aromatic heterocycles. The molecule has 116 valence electrons. The van der Waals surface area contributed by atoms with Crippen LogP contribution in [-0.2, 0) is 4.79 Å². The second kappa shape index (κ2) is 7.44. The van der Waals surface area contributed by atoms with Gasteiger partial charge < -0.3 is 11.1 Å². The number of hydrogen-bond acceptors (Lipinski definition) is 2. The van der Waals surface area contributed by atoms with E-state index < -0.39 is 0 Å². The van der Waals surface area contributed by atoms with E-state index in [1.54, 1.807) is 0 Å². The normalized spacial score (nSPS) is 38.5. The van der Waals surface area contributed by atoms with Crippen molar-refractivity contribution in [1.29, 1.82) is 0 Å². The zero-order chi connectivity index (χ0) is 14.5. The average molecular weight is 280 g/mol. The Labute approximate surface area is 124 Å². The van der Waals surface area contributed by atoms with E-state index in [1.807, 2.05) is 0 Å². The van der Waals surface area contributed by atoms with E-state index in [9.17, 15) is 4.79 Å². The Morgan fingerprint density at radius 2 is 1.95 bits per heavy atom. The molecule has 0 aromatic rings. The first-order valence-corrected chi connectivity index (χ1v) is 8.59. The third-order valence-electron chi connectivity index (χ3n) is 5.53. The van der Waals surface area contributed by atoms with Crippen LogP contribution in [0, 0.1) is 23.7 Å². The molecule has 5 atom stereocenters. The third kappa shape index (κ3) is 4.47. The monoisotopic (exact) mass is 280 g/mol. The van der Waals surface area contributed by atoms with Crippen LogP contribution in [0.15, 0.2) is 0 Å². The number of amides is 1. The highest BCUT2D eigenvalue weighted by Crippen LogP contribution is 2.30. The van der Waals surface area contributed by atoms with Crippen molar-refractivity contribution in [2.24, 2.45) is 29.4 Å². The lowest BCUT2D eigenvalue weighted by atomic mass is 9.79. The van der Waals surface area contributed by atoms with E-state index in [0.717, 1.165) is 44.1 Å². The van der Waals surface area contributed by atoms with Gasteiger partial charge in [0.1, 0.15) is 0 Å². The molecule has 2 rings (SSSR count). The summed E-state index contributed by atoms with van der Waals surface area (Å²) in [6.07, 6.45) is 9.60. The average Bonchev–Trinajstić information content (AvgIpc) is 2.42. The summed E-state index contributed by atoms with van der Waals surface area (Å²) in [4.78, 5) is 12.2. The predicted octanol–water partition coefficient (Wildman–Crippen LogP) is 3.08. The maximum atomic E-state index is 12.2. The van der Waals surface area contributed by atoms with E-state index >= 15 is 0 Å². The van der Waals surface area contributed by atoms with Gasteiger partial charge in [-0.15, -0.1) is 0 Å². The molecule has 2 saturated carbocycles. The molecule has 2 aliphatic carbocycles. The largest absolute Gasteiger partial charge is 0.356 e. The fourth-order valence-corrected chi connectivity index (χ4v) is 3.96. The highest BCUT2D eigenvalue weighted by molar-refractivity contribution is 5.78. The Kier molecular flexibility index (Phi) is 5.88. The highest BCUT2D eigenvalue weighted by atomic mass is 16.1. The molecule has 5 unspecified atom stereocenters. The molecule has 2 fully saturated rings. The zero-order valence-electron chi connectivity index (χ0n) is 13.2. The van der Waals surface area contributed by atoms with Gasteiger partial charge >= 0.3 is 0 Å². The summed E-state index contributed by atoms with van der Waals surface area (Å²) < 4.78 is 0. The maximum Gasteiger partial charge on any atom is 0.223 e. The van der Waals surface area contributed by atoms with Crippen LogP contribution in [0.4, 0.5) is 0 Å². The molecule has 0 bridgehead atoms. The van der Waals surface area contributed by atoms with Gasteiger partial charge in [-0.05, 0) is 49.9 Å².